The summed E-state index contributed by atoms with van der Waals surface area (Å²) in [5.74, 6) is -0.519. The Labute approximate surface area is 145 Å². The third-order valence-electron chi connectivity index (χ3n) is 4.54. The van der Waals surface area contributed by atoms with Crippen LogP contribution in [-0.2, 0) is 9.53 Å². The molecule has 2 heterocycles. The first-order chi connectivity index (χ1) is 11.6. The van der Waals surface area contributed by atoms with Gasteiger partial charge in [-0.15, -0.1) is 11.3 Å². The molecule has 128 valence electrons. The predicted octanol–water partition coefficient (Wildman–Crippen LogP) is 1.19. The minimum atomic E-state index is -0.745. The predicted molar refractivity (Wildman–Crippen MR) is 94.5 cm³/mol. The van der Waals surface area contributed by atoms with Crippen molar-refractivity contribution < 1.29 is 19.2 Å². The van der Waals surface area contributed by atoms with Gasteiger partial charge in [0.05, 0.1) is 32.7 Å². The van der Waals surface area contributed by atoms with Crippen molar-refractivity contribution in [2.45, 2.75) is 20.0 Å². The first-order valence-corrected chi connectivity index (χ1v) is 9.22. The molecule has 1 aliphatic heterocycles. The van der Waals surface area contributed by atoms with Crippen LogP contribution in [0.25, 0.3) is 10.1 Å². The first kappa shape index (κ1) is 16.9. The van der Waals surface area contributed by atoms with E-state index >= 15 is 0 Å². The monoisotopic (exact) mass is 347 g/mol. The lowest BCUT2D eigenvalue weighted by molar-refractivity contribution is -0.902. The number of hydrogen-bond donors (Lipinski definition) is 1. The van der Waals surface area contributed by atoms with E-state index in [9.17, 15) is 9.59 Å². The maximum Gasteiger partial charge on any atom is 0.349 e. The van der Waals surface area contributed by atoms with E-state index in [1.807, 2.05) is 35.2 Å². The Morgan fingerprint density at radius 1 is 1.29 bits per heavy atom. The number of ether oxygens (including phenoxy) is 1. The van der Waals surface area contributed by atoms with Gasteiger partial charge in [0.15, 0.2) is 6.10 Å². The molecule has 1 fully saturated rings. The summed E-state index contributed by atoms with van der Waals surface area (Å²) in [5.41, 5.74) is 0. The van der Waals surface area contributed by atoms with Crippen LogP contribution in [0.5, 0.6) is 0 Å². The Morgan fingerprint density at radius 3 is 2.67 bits per heavy atom. The lowest BCUT2D eigenvalue weighted by atomic mass is 10.2. The van der Waals surface area contributed by atoms with Gasteiger partial charge in [0.2, 0.25) is 0 Å². The minimum Gasteiger partial charge on any atom is -0.448 e. The molecule has 6 heteroatoms. The van der Waals surface area contributed by atoms with Gasteiger partial charge in [-0.3, -0.25) is 4.79 Å². The molecule has 1 atom stereocenters. The summed E-state index contributed by atoms with van der Waals surface area (Å²) >= 11 is 1.40. The van der Waals surface area contributed by atoms with Gasteiger partial charge in [0, 0.05) is 4.70 Å². The average Bonchev–Trinajstić information content (AvgIpc) is 3.05. The zero-order chi connectivity index (χ0) is 17.1. The number of quaternary nitrogens is 1. The molecule has 1 saturated heterocycles. The van der Waals surface area contributed by atoms with Crippen LogP contribution in [0.2, 0.25) is 0 Å². The fraction of sp³-hybridized carbons (Fsp3) is 0.444. The van der Waals surface area contributed by atoms with Crippen LogP contribution in [0, 0.1) is 0 Å². The highest BCUT2D eigenvalue weighted by molar-refractivity contribution is 7.20. The van der Waals surface area contributed by atoms with Gasteiger partial charge in [-0.25, -0.2) is 4.79 Å². The molecular weight excluding hydrogens is 324 g/mol. The maximum atomic E-state index is 12.5. The van der Waals surface area contributed by atoms with Crippen molar-refractivity contribution in [3.8, 4) is 0 Å². The molecule has 0 unspecified atom stereocenters. The number of nitrogens with zero attached hydrogens (tertiary/aromatic N) is 1. The highest BCUT2D eigenvalue weighted by Gasteiger charge is 2.28. The van der Waals surface area contributed by atoms with Gasteiger partial charge in [-0.05, 0) is 31.4 Å². The zero-order valence-electron chi connectivity index (χ0n) is 14.1. The number of benzene rings is 1. The second kappa shape index (κ2) is 7.32. The molecule has 1 aliphatic rings. The summed E-state index contributed by atoms with van der Waals surface area (Å²) in [7, 11) is 0. The molecule has 0 radical (unpaired) electrons. The number of carbonyl (C=O) groups is 2. The lowest BCUT2D eigenvalue weighted by Crippen LogP contribution is -3.14. The minimum absolute atomic E-state index is 0.0976. The SMILES string of the molecule is CC[NH+]1CCN(C(=O)[C@H](C)OC(=O)c2cc3ccccc3s2)CC1. The summed E-state index contributed by atoms with van der Waals surface area (Å²) in [6, 6.07) is 9.64. The van der Waals surface area contributed by atoms with Gasteiger partial charge >= 0.3 is 5.97 Å². The molecule has 5 nitrogen and oxygen atoms in total. The molecule has 0 saturated carbocycles. The number of esters is 1. The largest absolute Gasteiger partial charge is 0.448 e. The molecule has 1 N–H and O–H groups in total. The average molecular weight is 347 g/mol. The number of amides is 1. The topological polar surface area (TPSA) is 51.1 Å². The van der Waals surface area contributed by atoms with Crippen molar-refractivity contribution in [3.63, 3.8) is 0 Å². The normalized spacial score (nSPS) is 17.0. The maximum absolute atomic E-state index is 12.5. The smallest absolute Gasteiger partial charge is 0.349 e. The van der Waals surface area contributed by atoms with E-state index in [-0.39, 0.29) is 5.91 Å². The number of rotatable bonds is 4. The standard InChI is InChI=1S/C18H22N2O3S/c1-3-19-8-10-20(11-9-19)17(21)13(2)23-18(22)16-12-14-6-4-5-7-15(14)24-16/h4-7,12-13H,3,8-11H2,1-2H3/p+1/t13-/m0/s1. The van der Waals surface area contributed by atoms with Gasteiger partial charge < -0.3 is 14.5 Å². The van der Waals surface area contributed by atoms with Crippen molar-refractivity contribution in [1.82, 2.24) is 4.90 Å². The highest BCUT2D eigenvalue weighted by atomic mass is 32.1. The van der Waals surface area contributed by atoms with Crippen LogP contribution in [-0.4, -0.2) is 55.6 Å². The second-order valence-electron chi connectivity index (χ2n) is 6.12. The Hall–Kier alpha value is -1.92. The molecule has 1 aromatic carbocycles. The van der Waals surface area contributed by atoms with E-state index < -0.39 is 12.1 Å². The fourth-order valence-electron chi connectivity index (χ4n) is 3.01. The summed E-state index contributed by atoms with van der Waals surface area (Å²) in [6.45, 7) is 8.27. The third kappa shape index (κ3) is 3.60. The number of thiophene rings is 1. The summed E-state index contributed by atoms with van der Waals surface area (Å²) < 4.78 is 6.45. The summed E-state index contributed by atoms with van der Waals surface area (Å²) in [4.78, 5) is 28.7. The van der Waals surface area contributed by atoms with Gasteiger partial charge in [0.1, 0.15) is 4.88 Å². The number of piperazine rings is 1. The Morgan fingerprint density at radius 2 is 2.00 bits per heavy atom. The van der Waals surface area contributed by atoms with Crippen molar-refractivity contribution in [3.05, 3.63) is 35.2 Å². The van der Waals surface area contributed by atoms with E-state index in [1.54, 1.807) is 6.92 Å². The van der Waals surface area contributed by atoms with E-state index in [1.165, 1.54) is 16.2 Å². The number of hydrogen-bond acceptors (Lipinski definition) is 4. The Kier molecular flexibility index (Phi) is 5.16. The van der Waals surface area contributed by atoms with Crippen LogP contribution < -0.4 is 4.90 Å². The van der Waals surface area contributed by atoms with Crippen molar-refractivity contribution in [2.75, 3.05) is 32.7 Å². The van der Waals surface area contributed by atoms with E-state index in [0.717, 1.165) is 42.8 Å². The van der Waals surface area contributed by atoms with Gasteiger partial charge in [0.25, 0.3) is 5.91 Å². The summed E-state index contributed by atoms with van der Waals surface area (Å²) in [6.07, 6.45) is -0.745. The number of nitrogens with one attached hydrogen (secondary N) is 1. The Bertz CT molecular complexity index is 702. The highest BCUT2D eigenvalue weighted by Crippen LogP contribution is 2.26. The number of likely N-dealkylation sites (N-methyl/N-ethyl adjacent to an activating group) is 1. The van der Waals surface area contributed by atoms with E-state index in [2.05, 4.69) is 6.92 Å². The molecule has 24 heavy (non-hydrogen) atoms. The van der Waals surface area contributed by atoms with E-state index in [0.29, 0.717) is 4.88 Å². The zero-order valence-corrected chi connectivity index (χ0v) is 14.9. The lowest BCUT2D eigenvalue weighted by Gasteiger charge is -2.32. The summed E-state index contributed by atoms with van der Waals surface area (Å²) in [5, 5.41) is 1.02. The van der Waals surface area contributed by atoms with Crippen molar-refractivity contribution in [2.24, 2.45) is 0 Å². The van der Waals surface area contributed by atoms with Crippen LogP contribution in [0.4, 0.5) is 0 Å². The molecule has 0 spiro atoms. The molecule has 1 aromatic heterocycles. The molecule has 1 amide bonds. The van der Waals surface area contributed by atoms with Crippen LogP contribution in [0.3, 0.4) is 0 Å². The van der Waals surface area contributed by atoms with Gasteiger partial charge in [-0.1, -0.05) is 18.2 Å². The Balaban J connectivity index is 1.60. The van der Waals surface area contributed by atoms with Crippen LogP contribution in [0.1, 0.15) is 23.5 Å². The van der Waals surface area contributed by atoms with Crippen molar-refractivity contribution >= 4 is 33.3 Å². The fourth-order valence-corrected chi connectivity index (χ4v) is 3.95. The first-order valence-electron chi connectivity index (χ1n) is 8.40. The number of carbonyl (C=O) groups excluding carboxylic acids is 2. The van der Waals surface area contributed by atoms with Crippen LogP contribution in [0.15, 0.2) is 30.3 Å². The molecular formula is C18H23N2O3S+. The number of fused-ring (bicyclic) bond motifs is 1. The molecule has 0 bridgehead atoms. The molecule has 3 rings (SSSR count). The molecule has 2 aromatic rings. The van der Waals surface area contributed by atoms with E-state index in [4.69, 9.17) is 4.74 Å². The molecule has 0 aliphatic carbocycles. The quantitative estimate of drug-likeness (QED) is 0.846. The van der Waals surface area contributed by atoms with Crippen molar-refractivity contribution in [1.29, 1.82) is 0 Å². The second-order valence-corrected chi connectivity index (χ2v) is 7.21. The van der Waals surface area contributed by atoms with Gasteiger partial charge in [-0.2, -0.15) is 0 Å². The van der Waals surface area contributed by atoms with Crippen LogP contribution >= 0.6 is 11.3 Å². The third-order valence-corrected chi connectivity index (χ3v) is 5.64.